The zero-order valence-electron chi connectivity index (χ0n) is 11.7. The Kier molecular flexibility index (Phi) is 5.32. The second-order valence-electron chi connectivity index (χ2n) is 4.44. The van der Waals surface area contributed by atoms with E-state index in [2.05, 4.69) is 5.16 Å². The van der Waals surface area contributed by atoms with Gasteiger partial charge in [0.15, 0.2) is 0 Å². The van der Waals surface area contributed by atoms with Crippen molar-refractivity contribution in [3.05, 3.63) is 69.8 Å². The maximum atomic E-state index is 11.2. The minimum atomic E-state index is -1.05. The number of benzene rings is 2. The maximum Gasteiger partial charge on any atom is 0.336 e. The molecule has 0 saturated heterocycles. The van der Waals surface area contributed by atoms with Crippen molar-refractivity contribution in [1.82, 2.24) is 0 Å². The summed E-state index contributed by atoms with van der Waals surface area (Å²) in [6, 6.07) is 12.2. The molecule has 2 N–H and O–H groups in total. The molecule has 8 heteroatoms. The predicted molar refractivity (Wildman–Crippen MR) is 85.5 cm³/mol. The van der Waals surface area contributed by atoms with E-state index in [9.17, 15) is 14.9 Å². The Morgan fingerprint density at radius 2 is 1.96 bits per heavy atom. The van der Waals surface area contributed by atoms with Crippen molar-refractivity contribution in [3.63, 3.8) is 0 Å². The molecule has 0 aromatic heterocycles. The fourth-order valence-electron chi connectivity index (χ4n) is 1.88. The van der Waals surface area contributed by atoms with E-state index in [1.54, 1.807) is 24.3 Å². The molecule has 0 aliphatic carbocycles. The van der Waals surface area contributed by atoms with Gasteiger partial charge in [-0.05, 0) is 12.1 Å². The molecule has 0 unspecified atom stereocenters. The molecule has 2 rings (SSSR count). The van der Waals surface area contributed by atoms with Gasteiger partial charge in [0.25, 0.3) is 5.69 Å². The number of non-ortho nitro benzene ring substituents is 1. The molecule has 0 bridgehead atoms. The monoisotopic (exact) mass is 332 g/mol. The number of nitro benzene ring substituents is 1. The van der Waals surface area contributed by atoms with Gasteiger partial charge in [-0.15, -0.1) is 11.8 Å². The third kappa shape index (κ3) is 4.07. The van der Waals surface area contributed by atoms with Crippen LogP contribution in [-0.4, -0.2) is 32.7 Å². The first kappa shape index (κ1) is 16.5. The molecule has 2 aromatic carbocycles. The number of rotatable bonds is 6. The van der Waals surface area contributed by atoms with E-state index in [0.29, 0.717) is 10.5 Å². The number of hydrogen-bond donors (Lipinski definition) is 2. The topological polar surface area (TPSA) is 113 Å². The second kappa shape index (κ2) is 7.41. The van der Waals surface area contributed by atoms with Crippen molar-refractivity contribution in [2.75, 3.05) is 5.75 Å². The second-order valence-corrected chi connectivity index (χ2v) is 5.46. The van der Waals surface area contributed by atoms with Crippen LogP contribution in [0.3, 0.4) is 0 Å². The standard InChI is InChI=1S/C15H12N2O5S/c18-15(19)12-6-1-2-7-14(12)23-9-13(16-20)10-4-3-5-11(8-10)17(21)22/h1-8,20H,9H2,(H,18,19)/b16-13+. The summed E-state index contributed by atoms with van der Waals surface area (Å²) < 4.78 is 0. The summed E-state index contributed by atoms with van der Waals surface area (Å²) in [7, 11) is 0. The quantitative estimate of drug-likeness (QED) is 0.276. The summed E-state index contributed by atoms with van der Waals surface area (Å²) >= 11 is 1.18. The summed E-state index contributed by atoms with van der Waals surface area (Å²) in [6.07, 6.45) is 0. The van der Waals surface area contributed by atoms with Gasteiger partial charge in [0.05, 0.1) is 16.2 Å². The zero-order valence-corrected chi connectivity index (χ0v) is 12.6. The number of carboxylic acid groups (broad SMARTS) is 1. The van der Waals surface area contributed by atoms with Crippen molar-refractivity contribution in [2.45, 2.75) is 4.90 Å². The number of nitro groups is 1. The van der Waals surface area contributed by atoms with E-state index in [0.717, 1.165) is 0 Å². The summed E-state index contributed by atoms with van der Waals surface area (Å²) in [5, 5.41) is 32.3. The van der Waals surface area contributed by atoms with Crippen molar-refractivity contribution < 1.29 is 20.0 Å². The molecule has 0 saturated carbocycles. The van der Waals surface area contributed by atoms with Crippen LogP contribution >= 0.6 is 11.8 Å². The highest BCUT2D eigenvalue weighted by Gasteiger charge is 2.14. The molecule has 2 aromatic rings. The van der Waals surface area contributed by atoms with Gasteiger partial charge in [-0.3, -0.25) is 10.1 Å². The van der Waals surface area contributed by atoms with E-state index in [4.69, 9.17) is 10.3 Å². The van der Waals surface area contributed by atoms with Gasteiger partial charge in [-0.1, -0.05) is 29.4 Å². The molecule has 118 valence electrons. The lowest BCUT2D eigenvalue weighted by molar-refractivity contribution is -0.384. The van der Waals surface area contributed by atoms with Crippen LogP contribution in [0.25, 0.3) is 0 Å². The fraction of sp³-hybridized carbons (Fsp3) is 0.0667. The summed E-state index contributed by atoms with van der Waals surface area (Å²) in [5.41, 5.74) is 0.661. The van der Waals surface area contributed by atoms with Gasteiger partial charge in [0, 0.05) is 28.3 Å². The highest BCUT2D eigenvalue weighted by atomic mass is 32.2. The zero-order chi connectivity index (χ0) is 16.8. The largest absolute Gasteiger partial charge is 0.478 e. The molecular formula is C15H12N2O5S. The molecule has 0 spiro atoms. The Labute approximate surface area is 135 Å². The van der Waals surface area contributed by atoms with Crippen LogP contribution in [-0.2, 0) is 0 Å². The molecule has 0 heterocycles. The number of aromatic carboxylic acids is 1. The highest BCUT2D eigenvalue weighted by molar-refractivity contribution is 8.00. The Balaban J connectivity index is 2.20. The number of thioether (sulfide) groups is 1. The van der Waals surface area contributed by atoms with Gasteiger partial charge in [0.2, 0.25) is 0 Å². The lowest BCUT2D eigenvalue weighted by Gasteiger charge is -2.07. The van der Waals surface area contributed by atoms with Crippen LogP contribution in [0.15, 0.2) is 58.6 Å². The van der Waals surface area contributed by atoms with Crippen molar-refractivity contribution in [2.24, 2.45) is 5.16 Å². The number of carboxylic acids is 1. The summed E-state index contributed by atoms with van der Waals surface area (Å²) in [4.78, 5) is 21.9. The third-order valence-electron chi connectivity index (χ3n) is 2.99. The van der Waals surface area contributed by atoms with Crippen LogP contribution < -0.4 is 0 Å². The first-order chi connectivity index (χ1) is 11.0. The Bertz CT molecular complexity index is 776. The number of oxime groups is 1. The van der Waals surface area contributed by atoms with Gasteiger partial charge in [-0.2, -0.15) is 0 Å². The van der Waals surface area contributed by atoms with Crippen LogP contribution in [0, 0.1) is 10.1 Å². The normalized spacial score (nSPS) is 11.2. The Hall–Kier alpha value is -2.87. The van der Waals surface area contributed by atoms with E-state index in [1.807, 2.05) is 0 Å². The average Bonchev–Trinajstić information content (AvgIpc) is 2.56. The van der Waals surface area contributed by atoms with Crippen LogP contribution in [0.5, 0.6) is 0 Å². The number of nitrogens with zero attached hydrogens (tertiary/aromatic N) is 2. The predicted octanol–water partition coefficient (Wildman–Crippen LogP) is 3.26. The van der Waals surface area contributed by atoms with Gasteiger partial charge in [-0.25, -0.2) is 4.79 Å². The van der Waals surface area contributed by atoms with Gasteiger partial charge in [0.1, 0.15) is 0 Å². The third-order valence-corrected chi connectivity index (χ3v) is 4.08. The molecule has 7 nitrogen and oxygen atoms in total. The van der Waals surface area contributed by atoms with Crippen LogP contribution in [0.2, 0.25) is 0 Å². The van der Waals surface area contributed by atoms with Crippen molar-refractivity contribution in [3.8, 4) is 0 Å². The van der Waals surface area contributed by atoms with E-state index in [1.165, 1.54) is 36.0 Å². The number of carbonyl (C=O) groups is 1. The molecule has 0 atom stereocenters. The molecule has 23 heavy (non-hydrogen) atoms. The van der Waals surface area contributed by atoms with Gasteiger partial charge < -0.3 is 10.3 Å². The highest BCUT2D eigenvalue weighted by Crippen LogP contribution is 2.24. The summed E-state index contributed by atoms with van der Waals surface area (Å²) in [5.74, 6) is -0.881. The van der Waals surface area contributed by atoms with E-state index >= 15 is 0 Å². The molecule has 0 aliphatic rings. The van der Waals surface area contributed by atoms with Crippen LogP contribution in [0.4, 0.5) is 5.69 Å². The minimum absolute atomic E-state index is 0.111. The van der Waals surface area contributed by atoms with Gasteiger partial charge >= 0.3 is 5.97 Å². The lowest BCUT2D eigenvalue weighted by Crippen LogP contribution is -2.06. The molecule has 0 amide bonds. The Morgan fingerprint density at radius 1 is 1.22 bits per heavy atom. The molecule has 0 aliphatic heterocycles. The SMILES string of the molecule is O=C(O)c1ccccc1SC/C(=N\O)c1cccc([N+](=O)[O-])c1. The minimum Gasteiger partial charge on any atom is -0.478 e. The summed E-state index contributed by atoms with van der Waals surface area (Å²) in [6.45, 7) is 0. The first-order valence-electron chi connectivity index (χ1n) is 6.44. The Morgan fingerprint density at radius 3 is 2.61 bits per heavy atom. The maximum absolute atomic E-state index is 11.2. The fourth-order valence-corrected chi connectivity index (χ4v) is 2.89. The lowest BCUT2D eigenvalue weighted by atomic mass is 10.1. The molecule has 0 fully saturated rings. The smallest absolute Gasteiger partial charge is 0.336 e. The molecule has 0 radical (unpaired) electrons. The number of hydrogen-bond acceptors (Lipinski definition) is 6. The first-order valence-corrected chi connectivity index (χ1v) is 7.42. The van der Waals surface area contributed by atoms with Crippen LogP contribution in [0.1, 0.15) is 15.9 Å². The molecular weight excluding hydrogens is 320 g/mol. The van der Waals surface area contributed by atoms with Crippen molar-refractivity contribution in [1.29, 1.82) is 0 Å². The van der Waals surface area contributed by atoms with Crippen molar-refractivity contribution >= 4 is 29.1 Å². The van der Waals surface area contributed by atoms with E-state index in [-0.39, 0.29) is 22.7 Å². The van der Waals surface area contributed by atoms with E-state index < -0.39 is 10.9 Å². The average molecular weight is 332 g/mol.